The average molecular weight is 227 g/mol. The van der Waals surface area contributed by atoms with Crippen molar-refractivity contribution in [3.8, 4) is 10.6 Å². The molecule has 0 unspecified atom stereocenters. The summed E-state index contributed by atoms with van der Waals surface area (Å²) < 4.78 is 2.39. The average Bonchev–Trinajstić information content (AvgIpc) is 2.71. The maximum absolute atomic E-state index is 10.8. The number of aryl methyl sites for hydroxylation is 1. The summed E-state index contributed by atoms with van der Waals surface area (Å²) in [5.74, 6) is 0. The summed E-state index contributed by atoms with van der Waals surface area (Å²) in [6.45, 7) is 0. The van der Waals surface area contributed by atoms with Crippen LogP contribution in [0.15, 0.2) is 18.5 Å². The van der Waals surface area contributed by atoms with Crippen molar-refractivity contribution >= 4 is 29.2 Å². The molecular formula is C9H7ClN2OS. The summed E-state index contributed by atoms with van der Waals surface area (Å²) in [7, 11) is 1.79. The fourth-order valence-electron chi connectivity index (χ4n) is 1.21. The van der Waals surface area contributed by atoms with Crippen LogP contribution in [0.5, 0.6) is 0 Å². The van der Waals surface area contributed by atoms with Gasteiger partial charge >= 0.3 is 0 Å². The van der Waals surface area contributed by atoms with E-state index in [-0.39, 0.29) is 0 Å². The zero-order chi connectivity index (χ0) is 10.1. The lowest BCUT2D eigenvalue weighted by Crippen LogP contribution is -1.93. The van der Waals surface area contributed by atoms with Gasteiger partial charge in [0.2, 0.25) is 0 Å². The number of imidazole rings is 1. The Morgan fingerprint density at radius 2 is 2.36 bits per heavy atom. The fraction of sp³-hybridized carbons (Fsp3) is 0.111. The normalized spacial score (nSPS) is 10.4. The largest absolute Gasteiger partial charge is 0.331 e. The molecule has 0 atom stereocenters. The van der Waals surface area contributed by atoms with Crippen LogP contribution in [0.2, 0.25) is 4.34 Å². The maximum Gasteiger partial charge on any atom is 0.168 e. The molecule has 2 heterocycles. The summed E-state index contributed by atoms with van der Waals surface area (Å²) in [4.78, 5) is 15.9. The molecule has 0 aliphatic rings. The fourth-order valence-corrected chi connectivity index (χ4v) is 2.26. The highest BCUT2D eigenvalue weighted by Gasteiger charge is 2.11. The van der Waals surface area contributed by atoms with E-state index >= 15 is 0 Å². The third-order valence-electron chi connectivity index (χ3n) is 1.90. The standard InChI is InChI=1S/C9H7ClN2OS/c1-12-5-11-9(6(12)4-13)7-2-3-8(10)14-7/h2-5H,1H3. The minimum Gasteiger partial charge on any atom is -0.331 e. The third-order valence-corrected chi connectivity index (χ3v) is 3.14. The molecule has 0 spiro atoms. The van der Waals surface area contributed by atoms with Gasteiger partial charge in [-0.2, -0.15) is 0 Å². The van der Waals surface area contributed by atoms with Gasteiger partial charge in [-0.1, -0.05) is 11.6 Å². The molecule has 0 aromatic carbocycles. The van der Waals surface area contributed by atoms with Gasteiger partial charge in [0.05, 0.1) is 15.5 Å². The summed E-state index contributed by atoms with van der Waals surface area (Å²) in [6.07, 6.45) is 2.42. The van der Waals surface area contributed by atoms with Crippen LogP contribution in [0.1, 0.15) is 10.5 Å². The van der Waals surface area contributed by atoms with Gasteiger partial charge in [0.25, 0.3) is 0 Å². The summed E-state index contributed by atoms with van der Waals surface area (Å²) in [5, 5.41) is 0. The first-order valence-corrected chi connectivity index (χ1v) is 5.14. The molecule has 0 amide bonds. The van der Waals surface area contributed by atoms with Crippen molar-refractivity contribution in [2.75, 3.05) is 0 Å². The Bertz CT molecular complexity index is 475. The Balaban J connectivity index is 2.56. The van der Waals surface area contributed by atoms with E-state index in [0.29, 0.717) is 15.7 Å². The molecule has 14 heavy (non-hydrogen) atoms. The van der Waals surface area contributed by atoms with Gasteiger partial charge < -0.3 is 4.57 Å². The molecular weight excluding hydrogens is 220 g/mol. The van der Waals surface area contributed by atoms with Crippen LogP contribution in [-0.4, -0.2) is 15.8 Å². The first-order chi connectivity index (χ1) is 6.72. The van der Waals surface area contributed by atoms with Crippen LogP contribution in [0.4, 0.5) is 0 Å². The van der Waals surface area contributed by atoms with Crippen LogP contribution in [-0.2, 0) is 7.05 Å². The Morgan fingerprint density at radius 3 is 2.93 bits per heavy atom. The van der Waals surface area contributed by atoms with E-state index in [0.717, 1.165) is 11.2 Å². The minimum atomic E-state index is 0.573. The molecule has 2 aromatic heterocycles. The van der Waals surface area contributed by atoms with E-state index in [1.165, 1.54) is 11.3 Å². The first-order valence-electron chi connectivity index (χ1n) is 3.94. The van der Waals surface area contributed by atoms with Crippen molar-refractivity contribution in [1.29, 1.82) is 0 Å². The molecule has 0 N–H and O–H groups in total. The summed E-state index contributed by atoms with van der Waals surface area (Å²) >= 11 is 7.22. The highest BCUT2D eigenvalue weighted by Crippen LogP contribution is 2.31. The second-order valence-electron chi connectivity index (χ2n) is 2.81. The molecule has 0 radical (unpaired) electrons. The number of halogens is 1. The van der Waals surface area contributed by atoms with Gasteiger partial charge in [0.1, 0.15) is 11.4 Å². The number of carbonyl (C=O) groups excluding carboxylic acids is 1. The van der Waals surface area contributed by atoms with E-state index in [2.05, 4.69) is 4.98 Å². The molecule has 2 rings (SSSR count). The first kappa shape index (κ1) is 9.43. The molecule has 3 nitrogen and oxygen atoms in total. The van der Waals surface area contributed by atoms with Crippen LogP contribution in [0.25, 0.3) is 10.6 Å². The second kappa shape index (κ2) is 3.55. The molecule has 0 bridgehead atoms. The smallest absolute Gasteiger partial charge is 0.168 e. The van der Waals surface area contributed by atoms with Gasteiger partial charge in [-0.25, -0.2) is 4.98 Å². The molecule has 0 saturated heterocycles. The molecule has 0 fully saturated rings. The molecule has 72 valence electrons. The molecule has 0 saturated carbocycles. The number of carbonyl (C=O) groups is 1. The minimum absolute atomic E-state index is 0.573. The zero-order valence-corrected chi connectivity index (χ0v) is 8.97. The lowest BCUT2D eigenvalue weighted by atomic mass is 10.3. The van der Waals surface area contributed by atoms with Crippen LogP contribution >= 0.6 is 22.9 Å². The highest BCUT2D eigenvalue weighted by atomic mass is 35.5. The molecule has 5 heteroatoms. The highest BCUT2D eigenvalue weighted by molar-refractivity contribution is 7.19. The number of hydrogen-bond acceptors (Lipinski definition) is 3. The lowest BCUT2D eigenvalue weighted by Gasteiger charge is -1.94. The summed E-state index contributed by atoms with van der Waals surface area (Å²) in [5.41, 5.74) is 1.27. The van der Waals surface area contributed by atoms with Crippen molar-refractivity contribution in [2.45, 2.75) is 0 Å². The SMILES string of the molecule is Cn1cnc(-c2ccc(Cl)s2)c1C=O. The van der Waals surface area contributed by atoms with Gasteiger partial charge in [0, 0.05) is 7.05 Å². The van der Waals surface area contributed by atoms with Gasteiger partial charge in [-0.3, -0.25) is 4.79 Å². The van der Waals surface area contributed by atoms with E-state index in [9.17, 15) is 4.79 Å². The van der Waals surface area contributed by atoms with Crippen molar-refractivity contribution in [1.82, 2.24) is 9.55 Å². The molecule has 2 aromatic rings. The monoisotopic (exact) mass is 226 g/mol. The number of rotatable bonds is 2. The lowest BCUT2D eigenvalue weighted by molar-refractivity contribution is 0.111. The predicted octanol–water partition coefficient (Wildman–Crippen LogP) is 2.61. The van der Waals surface area contributed by atoms with Crippen molar-refractivity contribution in [3.05, 3.63) is 28.5 Å². The number of nitrogens with zero attached hydrogens (tertiary/aromatic N) is 2. The zero-order valence-electron chi connectivity index (χ0n) is 7.40. The number of aromatic nitrogens is 2. The number of hydrogen-bond donors (Lipinski definition) is 0. The van der Waals surface area contributed by atoms with E-state index in [1.54, 1.807) is 24.0 Å². The molecule has 0 aliphatic carbocycles. The van der Waals surface area contributed by atoms with E-state index in [1.807, 2.05) is 6.07 Å². The van der Waals surface area contributed by atoms with Crippen molar-refractivity contribution in [2.24, 2.45) is 7.05 Å². The predicted molar refractivity (Wildman–Crippen MR) is 56.9 cm³/mol. The Hall–Kier alpha value is -1.13. The second-order valence-corrected chi connectivity index (χ2v) is 4.53. The van der Waals surface area contributed by atoms with E-state index in [4.69, 9.17) is 11.6 Å². The van der Waals surface area contributed by atoms with Crippen LogP contribution in [0.3, 0.4) is 0 Å². The quantitative estimate of drug-likeness (QED) is 0.738. The van der Waals surface area contributed by atoms with Gasteiger partial charge in [0.15, 0.2) is 6.29 Å². The summed E-state index contributed by atoms with van der Waals surface area (Å²) in [6, 6.07) is 3.66. The van der Waals surface area contributed by atoms with Crippen molar-refractivity contribution < 1.29 is 4.79 Å². The Morgan fingerprint density at radius 1 is 1.57 bits per heavy atom. The number of thiophene rings is 1. The Kier molecular flexibility index (Phi) is 2.39. The van der Waals surface area contributed by atoms with Crippen LogP contribution in [0, 0.1) is 0 Å². The van der Waals surface area contributed by atoms with Gasteiger partial charge in [-0.05, 0) is 12.1 Å². The van der Waals surface area contributed by atoms with Crippen molar-refractivity contribution in [3.63, 3.8) is 0 Å². The topological polar surface area (TPSA) is 34.9 Å². The maximum atomic E-state index is 10.8. The van der Waals surface area contributed by atoms with Gasteiger partial charge in [-0.15, -0.1) is 11.3 Å². The van der Waals surface area contributed by atoms with E-state index < -0.39 is 0 Å². The Labute approximate surface area is 90.0 Å². The van der Waals surface area contributed by atoms with Crippen LogP contribution < -0.4 is 0 Å². The molecule has 0 aliphatic heterocycles. The third kappa shape index (κ3) is 1.47. The number of aldehydes is 1.